The number of carbonyl (C=O) groups excluding carboxylic acids is 1. The number of carbonyl (C=O) groups is 1. The third kappa shape index (κ3) is 2.83. The number of anilines is 1. The molecule has 4 heteroatoms. The second-order valence-electron chi connectivity index (χ2n) is 5.40. The predicted molar refractivity (Wildman–Crippen MR) is 76.2 cm³/mol. The molecule has 4 nitrogen and oxygen atoms in total. The van der Waals surface area contributed by atoms with Crippen molar-refractivity contribution < 1.29 is 9.53 Å². The van der Waals surface area contributed by atoms with Gasteiger partial charge in [-0.05, 0) is 49.9 Å². The van der Waals surface area contributed by atoms with Crippen molar-refractivity contribution in [3.05, 3.63) is 24.3 Å². The van der Waals surface area contributed by atoms with Crippen LogP contribution in [0.15, 0.2) is 24.3 Å². The molecule has 1 aliphatic rings. The fraction of sp³-hybridized carbons (Fsp3) is 0.533. The van der Waals surface area contributed by atoms with Crippen molar-refractivity contribution >= 4 is 11.6 Å². The lowest BCUT2D eigenvalue weighted by molar-refractivity contribution is -0.123. The van der Waals surface area contributed by atoms with Crippen molar-refractivity contribution in [3.63, 3.8) is 0 Å². The molecule has 0 radical (unpaired) electrons. The van der Waals surface area contributed by atoms with Crippen LogP contribution in [0.5, 0.6) is 5.75 Å². The van der Waals surface area contributed by atoms with Gasteiger partial charge in [0.1, 0.15) is 11.3 Å². The number of nitrogens with two attached hydrogens (primary N) is 1. The molecule has 1 fully saturated rings. The molecule has 104 valence electrons. The SMILES string of the molecule is COc1ccc(NC(C)(C(N)=O)C2CCCC2)cc1. The van der Waals surface area contributed by atoms with E-state index in [4.69, 9.17) is 10.5 Å². The van der Waals surface area contributed by atoms with Crippen molar-refractivity contribution in [2.75, 3.05) is 12.4 Å². The average Bonchev–Trinajstić information content (AvgIpc) is 2.93. The zero-order valence-electron chi connectivity index (χ0n) is 11.6. The molecule has 1 aliphatic carbocycles. The van der Waals surface area contributed by atoms with E-state index in [1.807, 2.05) is 31.2 Å². The van der Waals surface area contributed by atoms with Crippen LogP contribution in [-0.2, 0) is 4.79 Å². The third-order valence-corrected chi connectivity index (χ3v) is 4.18. The molecule has 1 amide bonds. The Morgan fingerprint density at radius 2 is 1.89 bits per heavy atom. The van der Waals surface area contributed by atoms with Gasteiger partial charge in [-0.1, -0.05) is 12.8 Å². The van der Waals surface area contributed by atoms with Crippen LogP contribution in [0.2, 0.25) is 0 Å². The number of primary amides is 1. The first-order chi connectivity index (χ1) is 9.06. The maximum absolute atomic E-state index is 11.9. The molecule has 1 aromatic carbocycles. The average molecular weight is 262 g/mol. The Balaban J connectivity index is 2.17. The Morgan fingerprint density at radius 3 is 2.37 bits per heavy atom. The summed E-state index contributed by atoms with van der Waals surface area (Å²) in [6, 6.07) is 7.57. The predicted octanol–water partition coefficient (Wildman–Crippen LogP) is 2.54. The Hall–Kier alpha value is -1.71. The van der Waals surface area contributed by atoms with Crippen molar-refractivity contribution in [1.82, 2.24) is 0 Å². The second-order valence-corrected chi connectivity index (χ2v) is 5.40. The molecule has 19 heavy (non-hydrogen) atoms. The summed E-state index contributed by atoms with van der Waals surface area (Å²) in [6.45, 7) is 1.91. The van der Waals surface area contributed by atoms with Crippen LogP contribution >= 0.6 is 0 Å². The fourth-order valence-corrected chi connectivity index (χ4v) is 2.84. The van der Waals surface area contributed by atoms with Crippen molar-refractivity contribution in [1.29, 1.82) is 0 Å². The molecule has 1 unspecified atom stereocenters. The first-order valence-electron chi connectivity index (χ1n) is 6.78. The van der Waals surface area contributed by atoms with Gasteiger partial charge in [-0.15, -0.1) is 0 Å². The number of nitrogens with one attached hydrogen (secondary N) is 1. The molecule has 0 saturated heterocycles. The highest BCUT2D eigenvalue weighted by molar-refractivity contribution is 5.88. The van der Waals surface area contributed by atoms with E-state index in [1.165, 1.54) is 12.8 Å². The van der Waals surface area contributed by atoms with Gasteiger partial charge in [-0.25, -0.2) is 0 Å². The van der Waals surface area contributed by atoms with Crippen LogP contribution in [-0.4, -0.2) is 18.6 Å². The monoisotopic (exact) mass is 262 g/mol. The van der Waals surface area contributed by atoms with E-state index in [9.17, 15) is 4.79 Å². The number of hydrogen-bond acceptors (Lipinski definition) is 3. The summed E-state index contributed by atoms with van der Waals surface area (Å²) < 4.78 is 5.13. The Labute approximate surface area is 114 Å². The van der Waals surface area contributed by atoms with Crippen molar-refractivity contribution in [3.8, 4) is 5.75 Å². The van der Waals surface area contributed by atoms with Gasteiger partial charge in [0.05, 0.1) is 7.11 Å². The normalized spacial score (nSPS) is 18.8. The first kappa shape index (κ1) is 13.7. The van der Waals surface area contributed by atoms with Gasteiger partial charge >= 0.3 is 0 Å². The molecule has 0 aromatic heterocycles. The van der Waals surface area contributed by atoms with E-state index in [0.717, 1.165) is 24.3 Å². The van der Waals surface area contributed by atoms with E-state index >= 15 is 0 Å². The smallest absolute Gasteiger partial charge is 0.243 e. The molecule has 1 aromatic rings. The van der Waals surface area contributed by atoms with Gasteiger partial charge in [0, 0.05) is 5.69 Å². The van der Waals surface area contributed by atoms with Gasteiger partial charge in [0.15, 0.2) is 0 Å². The number of benzene rings is 1. The molecule has 2 rings (SSSR count). The number of hydrogen-bond donors (Lipinski definition) is 2. The minimum Gasteiger partial charge on any atom is -0.497 e. The fourth-order valence-electron chi connectivity index (χ4n) is 2.84. The van der Waals surface area contributed by atoms with E-state index < -0.39 is 5.54 Å². The maximum atomic E-state index is 11.9. The Morgan fingerprint density at radius 1 is 1.32 bits per heavy atom. The quantitative estimate of drug-likeness (QED) is 0.857. The summed E-state index contributed by atoms with van der Waals surface area (Å²) in [6.07, 6.45) is 4.47. The summed E-state index contributed by atoms with van der Waals surface area (Å²) in [5.74, 6) is 0.828. The van der Waals surface area contributed by atoms with Gasteiger partial charge < -0.3 is 15.8 Å². The third-order valence-electron chi connectivity index (χ3n) is 4.18. The maximum Gasteiger partial charge on any atom is 0.243 e. The first-order valence-corrected chi connectivity index (χ1v) is 6.78. The minimum atomic E-state index is -0.676. The largest absolute Gasteiger partial charge is 0.497 e. The molecular formula is C15H22N2O2. The number of ether oxygens (including phenoxy) is 1. The summed E-state index contributed by atoms with van der Waals surface area (Å²) in [5, 5.41) is 3.32. The zero-order chi connectivity index (χ0) is 13.9. The molecule has 0 aliphatic heterocycles. The second kappa shape index (κ2) is 5.51. The van der Waals surface area contributed by atoms with E-state index in [-0.39, 0.29) is 5.91 Å². The lowest BCUT2D eigenvalue weighted by Crippen LogP contribution is -2.52. The van der Waals surface area contributed by atoms with Gasteiger partial charge in [-0.3, -0.25) is 4.79 Å². The highest BCUT2D eigenvalue weighted by Gasteiger charge is 2.40. The molecule has 1 saturated carbocycles. The topological polar surface area (TPSA) is 64.3 Å². The Kier molecular flexibility index (Phi) is 3.98. The van der Waals surface area contributed by atoms with Gasteiger partial charge in [-0.2, -0.15) is 0 Å². The molecule has 0 spiro atoms. The molecule has 3 N–H and O–H groups in total. The van der Waals surface area contributed by atoms with E-state index in [0.29, 0.717) is 5.92 Å². The Bertz CT molecular complexity index is 438. The summed E-state index contributed by atoms with van der Waals surface area (Å²) in [4.78, 5) is 11.9. The van der Waals surface area contributed by atoms with Crippen LogP contribution < -0.4 is 15.8 Å². The minimum absolute atomic E-state index is 0.282. The summed E-state index contributed by atoms with van der Waals surface area (Å²) in [7, 11) is 1.63. The number of amides is 1. The van der Waals surface area contributed by atoms with E-state index in [2.05, 4.69) is 5.32 Å². The van der Waals surface area contributed by atoms with Crippen LogP contribution in [0.1, 0.15) is 32.6 Å². The van der Waals surface area contributed by atoms with Crippen LogP contribution in [0.3, 0.4) is 0 Å². The van der Waals surface area contributed by atoms with E-state index in [1.54, 1.807) is 7.11 Å². The zero-order valence-corrected chi connectivity index (χ0v) is 11.6. The molecule has 1 atom stereocenters. The highest BCUT2D eigenvalue weighted by Crippen LogP contribution is 2.36. The van der Waals surface area contributed by atoms with Crippen LogP contribution in [0.25, 0.3) is 0 Å². The number of methoxy groups -OCH3 is 1. The molecular weight excluding hydrogens is 240 g/mol. The highest BCUT2D eigenvalue weighted by atomic mass is 16.5. The van der Waals surface area contributed by atoms with Crippen LogP contribution in [0, 0.1) is 5.92 Å². The molecule has 0 heterocycles. The lowest BCUT2D eigenvalue weighted by atomic mass is 9.83. The standard InChI is InChI=1S/C15H22N2O2/c1-15(14(16)18,11-5-3-4-6-11)17-12-7-9-13(19-2)10-8-12/h7-11,17H,3-6H2,1-2H3,(H2,16,18). The summed E-state index contributed by atoms with van der Waals surface area (Å²) >= 11 is 0. The number of rotatable bonds is 5. The molecule has 0 bridgehead atoms. The van der Waals surface area contributed by atoms with Gasteiger partial charge in [0.25, 0.3) is 0 Å². The van der Waals surface area contributed by atoms with Crippen LogP contribution in [0.4, 0.5) is 5.69 Å². The summed E-state index contributed by atoms with van der Waals surface area (Å²) in [5.41, 5.74) is 5.85. The van der Waals surface area contributed by atoms with Gasteiger partial charge in [0.2, 0.25) is 5.91 Å². The van der Waals surface area contributed by atoms with Crippen molar-refractivity contribution in [2.24, 2.45) is 11.7 Å². The lowest BCUT2D eigenvalue weighted by Gasteiger charge is -2.34. The van der Waals surface area contributed by atoms with Crippen molar-refractivity contribution in [2.45, 2.75) is 38.1 Å².